The minimum absolute atomic E-state index is 0.269. The molecule has 1 rings (SSSR count). The average molecular weight is 198 g/mol. The fraction of sp³-hybridized carbons (Fsp3) is 0.222. The Bertz CT molecular complexity index is 321. The van der Waals surface area contributed by atoms with Gasteiger partial charge in [-0.15, -0.1) is 0 Å². The summed E-state index contributed by atoms with van der Waals surface area (Å²) in [7, 11) is -3.23. The van der Waals surface area contributed by atoms with E-state index in [0.717, 1.165) is 0 Å². The summed E-state index contributed by atoms with van der Waals surface area (Å²) in [6, 6.07) is 8.90. The Morgan fingerprint density at radius 2 is 2.00 bits per heavy atom. The largest absolute Gasteiger partial charge is 0.321 e. The van der Waals surface area contributed by atoms with Crippen molar-refractivity contribution in [1.82, 2.24) is 0 Å². The van der Waals surface area contributed by atoms with Crippen LogP contribution in [0.1, 0.15) is 6.92 Å². The van der Waals surface area contributed by atoms with Crippen LogP contribution in [0.3, 0.4) is 0 Å². The minimum Gasteiger partial charge on any atom is -0.321 e. The highest BCUT2D eigenvalue weighted by Crippen LogP contribution is 2.41. The van der Waals surface area contributed by atoms with E-state index in [1.165, 1.54) is 0 Å². The number of benzene rings is 1. The van der Waals surface area contributed by atoms with Crippen LogP contribution >= 0.6 is 7.37 Å². The quantitative estimate of drug-likeness (QED) is 0.547. The molecule has 0 N–H and O–H groups in total. The second kappa shape index (κ2) is 4.35. The molecule has 13 heavy (non-hydrogen) atoms. The molecule has 0 spiro atoms. The first-order valence-corrected chi connectivity index (χ1v) is 5.68. The maximum atomic E-state index is 11.8. The van der Waals surface area contributed by atoms with Crippen LogP contribution in [0.2, 0.25) is 0 Å². The van der Waals surface area contributed by atoms with E-state index in [-0.39, 0.29) is 6.61 Å². The van der Waals surface area contributed by atoms with Crippen molar-refractivity contribution in [1.29, 1.82) is 0 Å². The van der Waals surface area contributed by atoms with Crippen molar-refractivity contribution in [3.05, 3.63) is 30.3 Å². The normalized spacial score (nSPS) is 14.8. The highest BCUT2D eigenvalue weighted by molar-refractivity contribution is 7.80. The Labute approximate surface area is 77.2 Å². The average Bonchev–Trinajstić information content (AvgIpc) is 2.19. The zero-order valence-electron chi connectivity index (χ0n) is 7.34. The summed E-state index contributed by atoms with van der Waals surface area (Å²) < 4.78 is 16.7. The predicted octanol–water partition coefficient (Wildman–Crippen LogP) is 1.82. The van der Waals surface area contributed by atoms with E-state index in [4.69, 9.17) is 4.52 Å². The van der Waals surface area contributed by atoms with Crippen LogP contribution in [0.25, 0.3) is 0 Å². The van der Waals surface area contributed by atoms with Gasteiger partial charge in [0.2, 0.25) is 6.03 Å². The maximum Gasteiger partial charge on any atom is 0.292 e. The standard InChI is InChI=1S/C9H11O3P/c1-2-12-13(11,8-10)9-6-4-3-5-7-9/h3-8H,2H2,1H3. The van der Waals surface area contributed by atoms with Crippen LogP contribution in [-0.2, 0) is 13.9 Å². The smallest absolute Gasteiger partial charge is 0.292 e. The molecule has 1 unspecified atom stereocenters. The van der Waals surface area contributed by atoms with E-state index in [1.807, 2.05) is 0 Å². The monoisotopic (exact) mass is 198 g/mol. The first kappa shape index (κ1) is 10.2. The van der Waals surface area contributed by atoms with Crippen molar-refractivity contribution in [2.75, 3.05) is 6.61 Å². The SMILES string of the molecule is CCOP(=O)(C=O)c1ccccc1. The summed E-state index contributed by atoms with van der Waals surface area (Å²) in [5.41, 5.74) is 0. The van der Waals surface area contributed by atoms with Crippen LogP contribution < -0.4 is 5.30 Å². The van der Waals surface area contributed by atoms with Gasteiger partial charge in [-0.3, -0.25) is 9.36 Å². The topological polar surface area (TPSA) is 43.4 Å². The van der Waals surface area contributed by atoms with Gasteiger partial charge < -0.3 is 4.52 Å². The van der Waals surface area contributed by atoms with Crippen molar-refractivity contribution in [3.8, 4) is 0 Å². The third-order valence-corrected chi connectivity index (χ3v) is 3.51. The highest BCUT2D eigenvalue weighted by atomic mass is 31.2. The molecule has 1 aromatic rings. The first-order valence-electron chi connectivity index (χ1n) is 3.99. The molecule has 0 amide bonds. The Balaban J connectivity index is 3.03. The van der Waals surface area contributed by atoms with Gasteiger partial charge in [0.25, 0.3) is 7.37 Å². The molecule has 1 aromatic carbocycles. The molecular weight excluding hydrogens is 187 g/mol. The molecule has 70 valence electrons. The summed E-state index contributed by atoms with van der Waals surface area (Å²) in [4.78, 5) is 10.6. The lowest BCUT2D eigenvalue weighted by Crippen LogP contribution is -2.07. The molecule has 0 aliphatic rings. The highest BCUT2D eigenvalue weighted by Gasteiger charge is 2.23. The molecule has 0 saturated heterocycles. The van der Waals surface area contributed by atoms with Gasteiger partial charge in [-0.05, 0) is 19.1 Å². The van der Waals surface area contributed by atoms with Gasteiger partial charge in [-0.1, -0.05) is 18.2 Å². The second-order valence-corrected chi connectivity index (χ2v) is 4.64. The third-order valence-electron chi connectivity index (χ3n) is 1.58. The zero-order chi connectivity index (χ0) is 9.73. The van der Waals surface area contributed by atoms with Crippen LogP contribution in [0.15, 0.2) is 30.3 Å². The molecule has 1 atom stereocenters. The summed E-state index contributed by atoms with van der Waals surface area (Å²) in [6.45, 7) is 1.98. The summed E-state index contributed by atoms with van der Waals surface area (Å²) in [5, 5.41) is 0.451. The zero-order valence-corrected chi connectivity index (χ0v) is 8.24. The second-order valence-electron chi connectivity index (χ2n) is 2.46. The molecule has 0 heterocycles. The minimum atomic E-state index is -3.23. The number of hydrogen-bond donors (Lipinski definition) is 0. The molecular formula is C9H11O3P. The molecule has 0 radical (unpaired) electrons. The molecule has 0 saturated carbocycles. The molecule has 0 fully saturated rings. The first-order chi connectivity index (χ1) is 6.23. The van der Waals surface area contributed by atoms with E-state index in [2.05, 4.69) is 0 Å². The van der Waals surface area contributed by atoms with Gasteiger partial charge in [0.1, 0.15) is 0 Å². The Morgan fingerprint density at radius 3 is 2.46 bits per heavy atom. The van der Waals surface area contributed by atoms with Gasteiger partial charge in [-0.2, -0.15) is 0 Å². The Kier molecular flexibility index (Phi) is 3.40. The Morgan fingerprint density at radius 1 is 1.38 bits per heavy atom. The number of carbonyl (C=O) groups is 1. The molecule has 0 bridgehead atoms. The van der Waals surface area contributed by atoms with Crippen molar-refractivity contribution < 1.29 is 13.9 Å². The third kappa shape index (κ3) is 2.27. The summed E-state index contributed by atoms with van der Waals surface area (Å²) in [6.07, 6.45) is 0. The number of hydrogen-bond acceptors (Lipinski definition) is 3. The van der Waals surface area contributed by atoms with Crippen LogP contribution in [-0.4, -0.2) is 12.6 Å². The van der Waals surface area contributed by atoms with E-state index in [0.29, 0.717) is 11.3 Å². The summed E-state index contributed by atoms with van der Waals surface area (Å²) in [5.74, 6) is 0. The fourth-order valence-corrected chi connectivity index (χ4v) is 2.30. The van der Waals surface area contributed by atoms with Crippen LogP contribution in [0.5, 0.6) is 0 Å². The van der Waals surface area contributed by atoms with Crippen molar-refractivity contribution in [2.45, 2.75) is 6.92 Å². The lowest BCUT2D eigenvalue weighted by molar-refractivity contribution is 0.348. The van der Waals surface area contributed by atoms with E-state index >= 15 is 0 Å². The van der Waals surface area contributed by atoms with Crippen molar-refractivity contribution >= 4 is 18.7 Å². The number of carbonyl (C=O) groups excluding carboxylic acids is 1. The summed E-state index contributed by atoms with van der Waals surface area (Å²) >= 11 is 0. The number of rotatable bonds is 4. The van der Waals surface area contributed by atoms with Crippen LogP contribution in [0.4, 0.5) is 0 Å². The van der Waals surface area contributed by atoms with Crippen LogP contribution in [0, 0.1) is 0 Å². The van der Waals surface area contributed by atoms with E-state index in [1.54, 1.807) is 37.3 Å². The van der Waals surface area contributed by atoms with Crippen molar-refractivity contribution in [2.24, 2.45) is 0 Å². The molecule has 3 nitrogen and oxygen atoms in total. The van der Waals surface area contributed by atoms with E-state index in [9.17, 15) is 9.36 Å². The molecule has 4 heteroatoms. The Hall–Kier alpha value is -0.920. The fourth-order valence-electron chi connectivity index (χ4n) is 0.993. The van der Waals surface area contributed by atoms with Gasteiger partial charge in [0, 0.05) is 5.30 Å². The lowest BCUT2D eigenvalue weighted by atomic mass is 10.4. The van der Waals surface area contributed by atoms with Crippen molar-refractivity contribution in [3.63, 3.8) is 0 Å². The lowest BCUT2D eigenvalue weighted by Gasteiger charge is -2.10. The predicted molar refractivity (Wildman–Crippen MR) is 52.1 cm³/mol. The molecule has 0 aliphatic carbocycles. The molecule has 0 aliphatic heterocycles. The van der Waals surface area contributed by atoms with Gasteiger partial charge in [0.05, 0.1) is 6.61 Å². The molecule has 0 aromatic heterocycles. The van der Waals surface area contributed by atoms with Gasteiger partial charge in [0.15, 0.2) is 0 Å². The maximum absolute atomic E-state index is 11.8. The van der Waals surface area contributed by atoms with Gasteiger partial charge >= 0.3 is 0 Å². The van der Waals surface area contributed by atoms with E-state index < -0.39 is 7.37 Å². The van der Waals surface area contributed by atoms with Gasteiger partial charge in [-0.25, -0.2) is 0 Å².